The molecule has 3 heterocycles. The van der Waals surface area contributed by atoms with Crippen molar-refractivity contribution in [1.29, 1.82) is 0 Å². The van der Waals surface area contributed by atoms with Gasteiger partial charge in [-0.05, 0) is 44.0 Å². The van der Waals surface area contributed by atoms with Gasteiger partial charge < -0.3 is 15.0 Å². The quantitative estimate of drug-likeness (QED) is 0.626. The second-order valence-corrected chi connectivity index (χ2v) is 6.82. The zero-order valence-corrected chi connectivity index (χ0v) is 17.2. The van der Waals surface area contributed by atoms with Crippen LogP contribution in [0.1, 0.15) is 24.8 Å². The number of pyridine rings is 1. The molecule has 0 bridgehead atoms. The molecule has 2 saturated heterocycles. The summed E-state index contributed by atoms with van der Waals surface area (Å²) in [5, 5.41) is 3.00. The van der Waals surface area contributed by atoms with E-state index >= 15 is 0 Å². The molecule has 6 nitrogen and oxygen atoms in total. The number of carbonyl (C=O) groups is 1. The van der Waals surface area contributed by atoms with E-state index in [4.69, 9.17) is 4.74 Å². The van der Waals surface area contributed by atoms with Crippen molar-refractivity contribution in [2.45, 2.75) is 38.0 Å². The summed E-state index contributed by atoms with van der Waals surface area (Å²) in [7, 11) is 1.77. The predicted octanol–water partition coefficient (Wildman–Crippen LogP) is 1.50. The molecule has 0 unspecified atom stereocenters. The van der Waals surface area contributed by atoms with E-state index < -0.39 is 0 Å². The number of carbonyl (C=O) groups excluding carboxylic acids is 1. The monoisotopic (exact) mass is 460 g/mol. The Morgan fingerprint density at radius 3 is 2.88 bits per heavy atom. The van der Waals surface area contributed by atoms with Gasteiger partial charge in [-0.15, -0.1) is 24.0 Å². The minimum atomic E-state index is 0. The van der Waals surface area contributed by atoms with Gasteiger partial charge in [-0.2, -0.15) is 0 Å². The highest BCUT2D eigenvalue weighted by atomic mass is 127. The van der Waals surface area contributed by atoms with Crippen molar-refractivity contribution >= 4 is 29.9 Å². The number of aromatic nitrogens is 1. The summed E-state index contributed by atoms with van der Waals surface area (Å²) in [6.45, 7) is 5.25. The summed E-state index contributed by atoms with van der Waals surface area (Å²) in [6, 6.07) is 4.27. The Morgan fingerprint density at radius 2 is 2.20 bits per heavy atom. The molecule has 7 heteroatoms. The van der Waals surface area contributed by atoms with Gasteiger partial charge in [0.15, 0.2) is 0 Å². The second kappa shape index (κ2) is 10.4. The van der Waals surface area contributed by atoms with E-state index in [0.717, 1.165) is 25.1 Å². The van der Waals surface area contributed by atoms with Crippen molar-refractivity contribution in [2.75, 3.05) is 39.8 Å². The summed E-state index contributed by atoms with van der Waals surface area (Å²) in [5.74, 6) is 0.0713. The SMILES string of the molecule is CO[C@H]1C[C@@H](CN2CCCC2)N(CC(=O)NCc2cccnc2)C1.I. The summed E-state index contributed by atoms with van der Waals surface area (Å²) in [4.78, 5) is 21.2. The van der Waals surface area contributed by atoms with Crippen molar-refractivity contribution in [1.82, 2.24) is 20.1 Å². The lowest BCUT2D eigenvalue weighted by atomic mass is 10.2. The van der Waals surface area contributed by atoms with Crippen LogP contribution in [0.25, 0.3) is 0 Å². The van der Waals surface area contributed by atoms with Gasteiger partial charge in [0.1, 0.15) is 0 Å². The lowest BCUT2D eigenvalue weighted by Crippen LogP contribution is -2.44. The average molecular weight is 460 g/mol. The van der Waals surface area contributed by atoms with Crippen molar-refractivity contribution in [2.24, 2.45) is 0 Å². The fourth-order valence-corrected chi connectivity index (χ4v) is 3.70. The van der Waals surface area contributed by atoms with E-state index in [1.54, 1.807) is 19.5 Å². The van der Waals surface area contributed by atoms with E-state index in [-0.39, 0.29) is 36.0 Å². The highest BCUT2D eigenvalue weighted by Crippen LogP contribution is 2.22. The Balaban J connectivity index is 0.00000225. The number of amides is 1. The first-order valence-corrected chi connectivity index (χ1v) is 8.89. The second-order valence-electron chi connectivity index (χ2n) is 6.82. The molecule has 0 spiro atoms. The van der Waals surface area contributed by atoms with Crippen LogP contribution in [-0.2, 0) is 16.1 Å². The van der Waals surface area contributed by atoms with Gasteiger partial charge in [0, 0.05) is 45.2 Å². The molecule has 0 aromatic carbocycles. The van der Waals surface area contributed by atoms with Crippen LogP contribution in [0, 0.1) is 0 Å². The highest BCUT2D eigenvalue weighted by Gasteiger charge is 2.34. The van der Waals surface area contributed by atoms with Crippen molar-refractivity contribution in [3.8, 4) is 0 Å². The molecule has 2 aliphatic heterocycles. The molecule has 2 atom stereocenters. The summed E-state index contributed by atoms with van der Waals surface area (Å²) >= 11 is 0. The standard InChI is InChI=1S/C18H28N4O2.HI/c1-24-17-9-16(12-21-7-2-3-8-21)22(13-17)14-18(23)20-11-15-5-4-6-19-10-15;/h4-6,10,16-17H,2-3,7-9,11-14H2,1H3,(H,20,23);1H/t16-,17-;/m0./s1. The third kappa shape index (κ3) is 6.16. The van der Waals surface area contributed by atoms with Crippen LogP contribution in [0.5, 0.6) is 0 Å². The molecule has 0 saturated carbocycles. The molecule has 0 radical (unpaired) electrons. The Kier molecular flexibility index (Phi) is 8.54. The summed E-state index contributed by atoms with van der Waals surface area (Å²) in [6.07, 6.45) is 7.38. The zero-order chi connectivity index (χ0) is 16.8. The molecule has 1 amide bonds. The number of hydrogen-bond acceptors (Lipinski definition) is 5. The minimum Gasteiger partial charge on any atom is -0.380 e. The van der Waals surface area contributed by atoms with E-state index in [1.807, 2.05) is 12.1 Å². The molecule has 2 aliphatic rings. The number of halogens is 1. The Labute approximate surface area is 167 Å². The molecule has 140 valence electrons. The van der Waals surface area contributed by atoms with Gasteiger partial charge in [-0.25, -0.2) is 0 Å². The molecule has 3 rings (SSSR count). The molecule has 1 aromatic heterocycles. The van der Waals surface area contributed by atoms with Crippen molar-refractivity contribution < 1.29 is 9.53 Å². The lowest BCUT2D eigenvalue weighted by Gasteiger charge is -2.27. The minimum absolute atomic E-state index is 0. The molecule has 1 aromatic rings. The molecule has 1 N–H and O–H groups in total. The molecule has 0 aliphatic carbocycles. The summed E-state index contributed by atoms with van der Waals surface area (Å²) < 4.78 is 5.55. The van der Waals surface area contributed by atoms with Gasteiger partial charge in [-0.1, -0.05) is 6.07 Å². The first-order chi connectivity index (χ1) is 11.7. The fourth-order valence-electron chi connectivity index (χ4n) is 3.70. The predicted molar refractivity (Wildman–Crippen MR) is 108 cm³/mol. The van der Waals surface area contributed by atoms with Crippen LogP contribution in [0.3, 0.4) is 0 Å². The van der Waals surface area contributed by atoms with Crippen molar-refractivity contribution in [3.05, 3.63) is 30.1 Å². The molecular formula is C18H29IN4O2. The third-order valence-electron chi connectivity index (χ3n) is 5.05. The lowest BCUT2D eigenvalue weighted by molar-refractivity contribution is -0.122. The van der Waals surface area contributed by atoms with Gasteiger partial charge in [0.2, 0.25) is 5.91 Å². The Morgan fingerprint density at radius 1 is 1.40 bits per heavy atom. The number of nitrogens with zero attached hydrogens (tertiary/aromatic N) is 3. The smallest absolute Gasteiger partial charge is 0.234 e. The Bertz CT molecular complexity index is 525. The molecule has 25 heavy (non-hydrogen) atoms. The fraction of sp³-hybridized carbons (Fsp3) is 0.667. The maximum absolute atomic E-state index is 12.3. The van der Waals surface area contributed by atoms with Crippen LogP contribution in [0.2, 0.25) is 0 Å². The van der Waals surface area contributed by atoms with Crippen LogP contribution in [0.4, 0.5) is 0 Å². The van der Waals surface area contributed by atoms with Crippen LogP contribution < -0.4 is 5.32 Å². The number of rotatable bonds is 7. The first-order valence-electron chi connectivity index (χ1n) is 8.89. The van der Waals surface area contributed by atoms with E-state index in [9.17, 15) is 4.79 Å². The maximum Gasteiger partial charge on any atom is 0.234 e. The van der Waals surface area contributed by atoms with Crippen LogP contribution >= 0.6 is 24.0 Å². The van der Waals surface area contributed by atoms with E-state index in [1.165, 1.54) is 25.9 Å². The molecule has 2 fully saturated rings. The first kappa shape index (κ1) is 20.5. The van der Waals surface area contributed by atoms with Crippen LogP contribution in [-0.4, -0.2) is 72.7 Å². The van der Waals surface area contributed by atoms with Gasteiger partial charge >= 0.3 is 0 Å². The van der Waals surface area contributed by atoms with Gasteiger partial charge in [0.05, 0.1) is 12.6 Å². The number of ether oxygens (including phenoxy) is 1. The average Bonchev–Trinajstić information content (AvgIpc) is 3.25. The van der Waals surface area contributed by atoms with E-state index in [0.29, 0.717) is 19.1 Å². The zero-order valence-electron chi connectivity index (χ0n) is 14.9. The van der Waals surface area contributed by atoms with Gasteiger partial charge in [-0.3, -0.25) is 14.7 Å². The largest absolute Gasteiger partial charge is 0.380 e. The number of methoxy groups -OCH3 is 1. The third-order valence-corrected chi connectivity index (χ3v) is 5.05. The topological polar surface area (TPSA) is 57.7 Å². The number of hydrogen-bond donors (Lipinski definition) is 1. The number of nitrogens with one attached hydrogen (secondary N) is 1. The molecular weight excluding hydrogens is 431 g/mol. The van der Waals surface area contributed by atoms with Crippen molar-refractivity contribution in [3.63, 3.8) is 0 Å². The van der Waals surface area contributed by atoms with Gasteiger partial charge in [0.25, 0.3) is 0 Å². The van der Waals surface area contributed by atoms with E-state index in [2.05, 4.69) is 20.1 Å². The number of likely N-dealkylation sites (tertiary alicyclic amines) is 2. The maximum atomic E-state index is 12.3. The van der Waals surface area contributed by atoms with Crippen LogP contribution in [0.15, 0.2) is 24.5 Å². The Hall–Kier alpha value is -0.770. The summed E-state index contributed by atoms with van der Waals surface area (Å²) in [5.41, 5.74) is 1.02. The normalized spacial score (nSPS) is 24.2. The highest BCUT2D eigenvalue weighted by molar-refractivity contribution is 14.0.